The van der Waals surface area contributed by atoms with Gasteiger partial charge in [0.05, 0.1) is 0 Å². The third-order valence-electron chi connectivity index (χ3n) is 6.66. The summed E-state index contributed by atoms with van der Waals surface area (Å²) in [4.78, 5) is 21.4. The fraction of sp³-hybridized carbons (Fsp3) is 0.636. The molecule has 2 aliphatic heterocycles. The molecule has 0 aromatic carbocycles. The van der Waals surface area contributed by atoms with Crippen molar-refractivity contribution in [3.05, 3.63) is 42.2 Å². The van der Waals surface area contributed by atoms with Crippen LogP contribution in [0.5, 0.6) is 0 Å². The summed E-state index contributed by atoms with van der Waals surface area (Å²) in [6.07, 6.45) is 16.5. The number of allylic oxidation sites excluding steroid dienone is 2. The molecule has 3 aliphatic rings. The van der Waals surface area contributed by atoms with E-state index in [0.29, 0.717) is 24.3 Å². The van der Waals surface area contributed by atoms with Crippen molar-refractivity contribution >= 4 is 5.91 Å². The van der Waals surface area contributed by atoms with Crippen LogP contribution in [0.15, 0.2) is 36.7 Å². The van der Waals surface area contributed by atoms with Gasteiger partial charge in [0.1, 0.15) is 0 Å². The molecule has 0 radical (unpaired) electrons. The summed E-state index contributed by atoms with van der Waals surface area (Å²) in [6, 6.07) is 4.03. The topological polar surface area (TPSA) is 36.4 Å². The third-order valence-corrected chi connectivity index (χ3v) is 6.66. The van der Waals surface area contributed by atoms with Crippen molar-refractivity contribution in [2.45, 2.75) is 51.5 Å². The highest BCUT2D eigenvalue weighted by Crippen LogP contribution is 2.41. The molecular formula is C22H31N3O. The van der Waals surface area contributed by atoms with Gasteiger partial charge < -0.3 is 9.80 Å². The Bertz CT molecular complexity index is 634. The summed E-state index contributed by atoms with van der Waals surface area (Å²) in [5.41, 5.74) is 1.49. The zero-order valence-electron chi connectivity index (χ0n) is 15.8. The summed E-state index contributed by atoms with van der Waals surface area (Å²) in [5, 5.41) is 0. The van der Waals surface area contributed by atoms with E-state index in [1.807, 2.05) is 12.3 Å². The molecule has 3 heterocycles. The maximum atomic E-state index is 12.4. The molecule has 2 saturated heterocycles. The number of likely N-dealkylation sites (tertiary alicyclic amines) is 2. The summed E-state index contributed by atoms with van der Waals surface area (Å²) in [5.74, 6) is 1.17. The molecule has 1 spiro atoms. The Morgan fingerprint density at radius 3 is 2.81 bits per heavy atom. The van der Waals surface area contributed by atoms with Crippen LogP contribution in [-0.2, 0) is 11.3 Å². The van der Waals surface area contributed by atoms with E-state index < -0.39 is 0 Å². The SMILES string of the molecule is O=C1CCC2(CCN(C[C@H]3CC=CCC3)CC2)CN1Cc1cccnc1. The van der Waals surface area contributed by atoms with E-state index >= 15 is 0 Å². The minimum absolute atomic E-state index is 0.316. The molecule has 0 saturated carbocycles. The number of piperidine rings is 2. The molecule has 1 aromatic rings. The fourth-order valence-electron chi connectivity index (χ4n) is 4.96. The van der Waals surface area contributed by atoms with Crippen molar-refractivity contribution in [1.29, 1.82) is 0 Å². The number of hydrogen-bond acceptors (Lipinski definition) is 3. The molecule has 1 atom stereocenters. The van der Waals surface area contributed by atoms with Gasteiger partial charge >= 0.3 is 0 Å². The Hall–Kier alpha value is -1.68. The third kappa shape index (κ3) is 4.17. The first kappa shape index (κ1) is 17.7. The minimum atomic E-state index is 0.316. The van der Waals surface area contributed by atoms with E-state index in [0.717, 1.165) is 24.4 Å². The van der Waals surface area contributed by atoms with Crippen molar-refractivity contribution in [1.82, 2.24) is 14.8 Å². The van der Waals surface area contributed by atoms with E-state index in [9.17, 15) is 4.79 Å². The van der Waals surface area contributed by atoms with Crippen molar-refractivity contribution in [3.8, 4) is 0 Å². The molecule has 1 amide bonds. The Labute approximate surface area is 157 Å². The largest absolute Gasteiger partial charge is 0.338 e. The lowest BCUT2D eigenvalue weighted by Crippen LogP contribution is -2.51. The van der Waals surface area contributed by atoms with E-state index in [-0.39, 0.29) is 0 Å². The summed E-state index contributed by atoms with van der Waals surface area (Å²) in [6.45, 7) is 5.32. The normalized spacial score (nSPS) is 26.4. The molecule has 4 heteroatoms. The summed E-state index contributed by atoms with van der Waals surface area (Å²) < 4.78 is 0. The van der Waals surface area contributed by atoms with Crippen molar-refractivity contribution in [3.63, 3.8) is 0 Å². The summed E-state index contributed by atoms with van der Waals surface area (Å²) >= 11 is 0. The fourth-order valence-corrected chi connectivity index (χ4v) is 4.96. The maximum absolute atomic E-state index is 12.4. The van der Waals surface area contributed by atoms with Crippen molar-refractivity contribution in [2.75, 3.05) is 26.2 Å². The number of hydrogen-bond donors (Lipinski definition) is 0. The number of amides is 1. The number of nitrogens with zero attached hydrogens (tertiary/aromatic N) is 3. The van der Waals surface area contributed by atoms with Crippen molar-refractivity contribution < 1.29 is 4.79 Å². The lowest BCUT2D eigenvalue weighted by Gasteiger charge is -2.48. The van der Waals surface area contributed by atoms with E-state index in [1.54, 1.807) is 6.20 Å². The smallest absolute Gasteiger partial charge is 0.222 e. The second-order valence-electron chi connectivity index (χ2n) is 8.56. The number of rotatable bonds is 4. The first-order valence-electron chi connectivity index (χ1n) is 10.3. The predicted octanol–water partition coefficient (Wildman–Crippen LogP) is 3.64. The van der Waals surface area contributed by atoms with Crippen molar-refractivity contribution in [2.24, 2.45) is 11.3 Å². The van der Waals surface area contributed by atoms with Gasteiger partial charge in [0, 0.05) is 38.4 Å². The van der Waals surface area contributed by atoms with Gasteiger partial charge in [0.2, 0.25) is 5.91 Å². The molecule has 4 nitrogen and oxygen atoms in total. The number of carbonyl (C=O) groups excluding carboxylic acids is 1. The van der Waals surface area contributed by atoms with Gasteiger partial charge in [-0.15, -0.1) is 0 Å². The second-order valence-corrected chi connectivity index (χ2v) is 8.56. The molecule has 140 valence electrons. The van der Waals surface area contributed by atoms with E-state index in [4.69, 9.17) is 0 Å². The van der Waals surface area contributed by atoms with Crippen LogP contribution in [0.2, 0.25) is 0 Å². The Kier molecular flexibility index (Phi) is 5.39. The number of pyridine rings is 1. The lowest BCUT2D eigenvalue weighted by molar-refractivity contribution is -0.140. The van der Waals surface area contributed by atoms with Gasteiger partial charge in [-0.05, 0) is 74.6 Å². The van der Waals surface area contributed by atoms with Crippen LogP contribution in [0.1, 0.15) is 50.5 Å². The Balaban J connectivity index is 1.32. The van der Waals surface area contributed by atoms with Crippen LogP contribution in [0.25, 0.3) is 0 Å². The molecule has 0 unspecified atom stereocenters. The molecule has 1 aliphatic carbocycles. The first-order chi connectivity index (χ1) is 12.7. The van der Waals surface area contributed by atoms with Gasteiger partial charge in [-0.1, -0.05) is 18.2 Å². The highest BCUT2D eigenvalue weighted by molar-refractivity contribution is 5.77. The van der Waals surface area contributed by atoms with Crippen LogP contribution in [0, 0.1) is 11.3 Å². The monoisotopic (exact) mass is 353 g/mol. The quantitative estimate of drug-likeness (QED) is 0.776. The standard InChI is InChI=1S/C22H31N3O/c26-21-8-9-22(18-25(21)17-20-7-4-12-23-15-20)10-13-24(14-11-22)16-19-5-2-1-3-6-19/h1-2,4,7,12,15,19H,3,5-6,8-11,13-14,16-18H2/t19-/m0/s1. The molecule has 2 fully saturated rings. The zero-order chi connectivity index (χ0) is 17.8. The molecule has 1 aromatic heterocycles. The van der Waals surface area contributed by atoms with E-state index in [2.05, 4.69) is 33.0 Å². The molecule has 0 N–H and O–H groups in total. The highest BCUT2D eigenvalue weighted by atomic mass is 16.2. The molecular weight excluding hydrogens is 322 g/mol. The Morgan fingerprint density at radius 1 is 1.19 bits per heavy atom. The molecule has 26 heavy (non-hydrogen) atoms. The van der Waals surface area contributed by atoms with Gasteiger partial charge in [0.25, 0.3) is 0 Å². The van der Waals surface area contributed by atoms with Gasteiger partial charge in [-0.2, -0.15) is 0 Å². The van der Waals surface area contributed by atoms with Gasteiger partial charge in [0.15, 0.2) is 0 Å². The molecule has 4 rings (SSSR count). The lowest BCUT2D eigenvalue weighted by atomic mass is 9.72. The Morgan fingerprint density at radius 2 is 2.08 bits per heavy atom. The van der Waals surface area contributed by atoms with Crippen LogP contribution in [0.4, 0.5) is 0 Å². The van der Waals surface area contributed by atoms with Crippen LogP contribution >= 0.6 is 0 Å². The average molecular weight is 354 g/mol. The first-order valence-corrected chi connectivity index (χ1v) is 10.3. The minimum Gasteiger partial charge on any atom is -0.338 e. The summed E-state index contributed by atoms with van der Waals surface area (Å²) in [7, 11) is 0. The maximum Gasteiger partial charge on any atom is 0.222 e. The van der Waals surface area contributed by atoms with Crippen LogP contribution in [-0.4, -0.2) is 46.9 Å². The zero-order valence-corrected chi connectivity index (χ0v) is 15.8. The van der Waals surface area contributed by atoms with Crippen LogP contribution < -0.4 is 0 Å². The second kappa shape index (κ2) is 7.91. The highest BCUT2D eigenvalue weighted by Gasteiger charge is 2.41. The average Bonchev–Trinajstić information content (AvgIpc) is 2.69. The van der Waals surface area contributed by atoms with Gasteiger partial charge in [-0.25, -0.2) is 0 Å². The van der Waals surface area contributed by atoms with Crippen LogP contribution in [0.3, 0.4) is 0 Å². The number of aromatic nitrogens is 1. The van der Waals surface area contributed by atoms with Gasteiger partial charge in [-0.3, -0.25) is 9.78 Å². The predicted molar refractivity (Wildman–Crippen MR) is 103 cm³/mol. The number of carbonyl (C=O) groups is 1. The van der Waals surface area contributed by atoms with E-state index in [1.165, 1.54) is 51.7 Å². The molecule has 0 bridgehead atoms.